The van der Waals surface area contributed by atoms with Gasteiger partial charge in [0.15, 0.2) is 0 Å². The molecule has 0 fully saturated rings. The molecule has 0 bridgehead atoms. The average Bonchev–Trinajstić information content (AvgIpc) is 1.20. The van der Waals surface area contributed by atoms with E-state index in [1.807, 2.05) is 0 Å². The first-order valence-electron chi connectivity index (χ1n) is 34.8. The third kappa shape index (κ3) is 39.6. The minimum absolute atomic E-state index is 0. The molecule has 0 heterocycles. The number of rotatable bonds is 38. The second kappa shape index (κ2) is 44.3. The molecule has 0 unspecified atom stereocenters. The van der Waals surface area contributed by atoms with Gasteiger partial charge in [0, 0.05) is 28.6 Å². The molecule has 0 aromatic heterocycles. The quantitative estimate of drug-likeness (QED) is 0.0319. The maximum Gasteiger partial charge on any atom is 2.00 e. The number of benzene rings is 3. The van der Waals surface area contributed by atoms with Gasteiger partial charge in [-0.05, 0) is 93.1 Å². The Morgan fingerprint density at radius 1 is 0.310 bits per heavy atom. The van der Waals surface area contributed by atoms with Crippen LogP contribution in [0.3, 0.4) is 0 Å². The van der Waals surface area contributed by atoms with Gasteiger partial charge in [-0.3, -0.25) is 0 Å². The summed E-state index contributed by atoms with van der Waals surface area (Å²) in [6.07, 6.45) is 39.7. The SMILES string of the molecule is CC(C)(C)c1ccc(OP(Oc2ccc(C(C)(C)C)cc2C(C)(C)C)Oc2ccc(C(C)(C)C)cc2C(C)(C)C)c(C(C)(C)C)c1.CCCCCCCCCCCCCCCCCC(=O)[O-].CCCCCCCCCCCCCCCCCC(=O)[O-].[Ca+2]. The summed E-state index contributed by atoms with van der Waals surface area (Å²) in [5.41, 5.74) is 6.85. The molecule has 0 amide bonds. The second-order valence-electron chi connectivity index (χ2n) is 31.3. The summed E-state index contributed by atoms with van der Waals surface area (Å²) in [5.74, 6) is 0.566. The van der Waals surface area contributed by atoms with Gasteiger partial charge in [0.1, 0.15) is 17.2 Å². The minimum atomic E-state index is -1.89. The van der Waals surface area contributed by atoms with Crippen molar-refractivity contribution in [1.29, 1.82) is 0 Å². The van der Waals surface area contributed by atoms with Gasteiger partial charge in [0.05, 0.1) is 0 Å². The smallest absolute Gasteiger partial charge is 0.550 e. The van der Waals surface area contributed by atoms with E-state index >= 15 is 0 Å². The third-order valence-electron chi connectivity index (χ3n) is 16.4. The van der Waals surface area contributed by atoms with E-state index in [-0.39, 0.29) is 83.1 Å². The molecule has 0 radical (unpaired) electrons. The summed E-state index contributed by atoms with van der Waals surface area (Å²) in [6, 6.07) is 19.7. The van der Waals surface area contributed by atoms with Crippen molar-refractivity contribution in [2.45, 2.75) is 376 Å². The average molecular weight is 1250 g/mol. The molecule has 0 saturated carbocycles. The summed E-state index contributed by atoms with van der Waals surface area (Å²) < 4.78 is 20.7. The van der Waals surface area contributed by atoms with E-state index < -0.39 is 20.5 Å². The van der Waals surface area contributed by atoms with Gasteiger partial charge in [-0.2, -0.15) is 0 Å². The summed E-state index contributed by atoms with van der Waals surface area (Å²) in [4.78, 5) is 20.4. The van der Waals surface area contributed by atoms with Crippen molar-refractivity contribution < 1.29 is 33.4 Å². The van der Waals surface area contributed by atoms with Gasteiger partial charge in [-0.25, -0.2) is 0 Å². The Hall–Kier alpha value is -2.31. The Kier molecular flexibility index (Phi) is 43.1. The van der Waals surface area contributed by atoms with Crippen molar-refractivity contribution in [3.8, 4) is 17.2 Å². The van der Waals surface area contributed by atoms with Crippen LogP contribution in [0.5, 0.6) is 17.2 Å². The molecule has 0 atom stereocenters. The molecule has 0 N–H and O–H groups in total. The first-order valence-corrected chi connectivity index (χ1v) is 35.9. The fourth-order valence-electron chi connectivity index (χ4n) is 10.6. The maximum atomic E-state index is 10.2. The maximum absolute atomic E-state index is 10.2. The van der Waals surface area contributed by atoms with Gasteiger partial charge in [-0.1, -0.05) is 355 Å². The Bertz CT molecular complexity index is 2050. The summed E-state index contributed by atoms with van der Waals surface area (Å²) >= 11 is 0. The fraction of sp³-hybridized carbons (Fsp3) is 0.744. The molecule has 3 aromatic carbocycles. The number of carbonyl (C=O) groups is 2. The zero-order chi connectivity index (χ0) is 65.0. The minimum Gasteiger partial charge on any atom is -0.550 e. The van der Waals surface area contributed by atoms with Crippen LogP contribution in [0, 0.1) is 0 Å². The van der Waals surface area contributed by atoms with Crippen LogP contribution in [0.1, 0.15) is 377 Å². The van der Waals surface area contributed by atoms with Crippen molar-refractivity contribution in [1.82, 2.24) is 0 Å². The molecule has 7 nitrogen and oxygen atoms in total. The predicted octanol–water partition coefficient (Wildman–Crippen LogP) is 22.9. The van der Waals surface area contributed by atoms with Crippen LogP contribution in [0.25, 0.3) is 0 Å². The second-order valence-corrected chi connectivity index (χ2v) is 32.3. The van der Waals surface area contributed by atoms with Crippen molar-refractivity contribution >= 4 is 58.3 Å². The van der Waals surface area contributed by atoms with Crippen LogP contribution < -0.4 is 23.8 Å². The molecule has 0 aliphatic heterocycles. The van der Waals surface area contributed by atoms with Gasteiger partial charge >= 0.3 is 46.3 Å². The summed E-state index contributed by atoms with van der Waals surface area (Å²) in [6.45, 7) is 44.9. The number of carboxylic acid groups (broad SMARTS) is 2. The van der Waals surface area contributed by atoms with Crippen molar-refractivity contribution in [3.63, 3.8) is 0 Å². The van der Waals surface area contributed by atoms with Crippen LogP contribution >= 0.6 is 8.60 Å². The number of hydrogen-bond acceptors (Lipinski definition) is 7. The van der Waals surface area contributed by atoms with E-state index in [1.165, 1.54) is 184 Å². The molecule has 3 rings (SSSR count). The zero-order valence-electron chi connectivity index (χ0n) is 60.3. The summed E-state index contributed by atoms with van der Waals surface area (Å²) in [7, 11) is -1.89. The Morgan fingerprint density at radius 3 is 0.655 bits per heavy atom. The standard InChI is InChI=1S/C42H63O3P.2C18H36O2.Ca/c1-37(2,3)28-19-22-34(31(25-28)40(10,11)12)43-46(44-35-23-20-29(38(4,5)6)26-32(35)41(13,14)15)45-36-24-21-30(39(7,8)9)27-33(36)42(16,17)18;2*1-2-3-4-5-6-7-8-9-10-11-12-13-14-15-16-17-18(19)20;/h19-27H,1-18H3;2*2-17H2,1H3,(H,19,20);/q;;;+2/p-2. The Labute approximate surface area is 569 Å². The fourth-order valence-corrected chi connectivity index (χ4v) is 11.6. The predicted molar refractivity (Wildman–Crippen MR) is 375 cm³/mol. The number of unbranched alkanes of at least 4 members (excludes halogenated alkanes) is 28. The molecule has 0 spiro atoms. The molecular weight excluding hydrogens is 1120 g/mol. The Morgan fingerprint density at radius 2 is 0.494 bits per heavy atom. The number of aliphatic carboxylic acids is 2. The van der Waals surface area contributed by atoms with Gasteiger partial charge in [0.25, 0.3) is 0 Å². The van der Waals surface area contributed by atoms with Crippen molar-refractivity contribution in [2.75, 3.05) is 0 Å². The van der Waals surface area contributed by atoms with E-state index in [9.17, 15) is 19.8 Å². The van der Waals surface area contributed by atoms with Crippen LogP contribution in [0.4, 0.5) is 0 Å². The normalized spacial score (nSPS) is 12.2. The largest absolute Gasteiger partial charge is 2.00 e. The van der Waals surface area contributed by atoms with Crippen LogP contribution in [-0.4, -0.2) is 49.7 Å². The molecule has 3 aromatic rings. The van der Waals surface area contributed by atoms with Gasteiger partial charge in [0.2, 0.25) is 0 Å². The van der Waals surface area contributed by atoms with Crippen LogP contribution in [-0.2, 0) is 42.1 Å². The van der Waals surface area contributed by atoms with Crippen LogP contribution in [0.15, 0.2) is 54.6 Å². The topological polar surface area (TPSA) is 108 Å². The van der Waals surface area contributed by atoms with E-state index in [0.717, 1.165) is 59.6 Å². The number of carbonyl (C=O) groups excluding carboxylic acids is 2. The third-order valence-corrected chi connectivity index (χ3v) is 17.5. The monoisotopic (exact) mass is 1250 g/mol. The molecule has 9 heteroatoms. The van der Waals surface area contributed by atoms with Gasteiger partial charge in [-0.15, -0.1) is 0 Å². The van der Waals surface area contributed by atoms with E-state index in [4.69, 9.17) is 13.6 Å². The molecular formula is C78H133CaO7P. The summed E-state index contributed by atoms with van der Waals surface area (Å²) in [5, 5.41) is 20.4. The molecule has 494 valence electrons. The number of hydrogen-bond donors (Lipinski definition) is 0. The zero-order valence-corrected chi connectivity index (χ0v) is 63.4. The first-order chi connectivity index (χ1) is 40.1. The van der Waals surface area contributed by atoms with Crippen LogP contribution in [0.2, 0.25) is 0 Å². The van der Waals surface area contributed by atoms with Gasteiger partial charge < -0.3 is 33.4 Å². The molecule has 0 aliphatic carbocycles. The first kappa shape index (κ1) is 84.7. The molecule has 0 saturated heterocycles. The van der Waals surface area contributed by atoms with E-state index in [1.54, 1.807) is 0 Å². The van der Waals surface area contributed by atoms with E-state index in [0.29, 0.717) is 0 Å². The van der Waals surface area contributed by atoms with Crippen molar-refractivity contribution in [3.05, 3.63) is 88.0 Å². The van der Waals surface area contributed by atoms with E-state index in [2.05, 4.69) is 193 Å². The van der Waals surface area contributed by atoms with Crippen molar-refractivity contribution in [2.24, 2.45) is 0 Å². The molecule has 87 heavy (non-hydrogen) atoms. The molecule has 0 aliphatic rings. The Balaban J connectivity index is 0.00000149. The number of carboxylic acids is 2.